The number of methoxy groups -OCH3 is 1. The van der Waals surface area contributed by atoms with E-state index < -0.39 is 0 Å². The van der Waals surface area contributed by atoms with Crippen LogP contribution in [0.15, 0.2) is 66.7 Å². The minimum atomic E-state index is -0.175. The van der Waals surface area contributed by atoms with Gasteiger partial charge in [-0.2, -0.15) is 0 Å². The molecule has 4 heteroatoms. The van der Waals surface area contributed by atoms with E-state index in [1.165, 1.54) is 0 Å². The first-order valence-corrected chi connectivity index (χ1v) is 8.22. The highest BCUT2D eigenvalue weighted by atomic mass is 16.5. The van der Waals surface area contributed by atoms with E-state index >= 15 is 0 Å². The molecule has 1 unspecified atom stereocenters. The van der Waals surface area contributed by atoms with Crippen LogP contribution in [0, 0.1) is 0 Å². The molecular formula is C21H21NO3. The molecule has 25 heavy (non-hydrogen) atoms. The molecule has 0 saturated heterocycles. The number of para-hydroxylation sites is 2. The lowest BCUT2D eigenvalue weighted by Gasteiger charge is -2.17. The van der Waals surface area contributed by atoms with Crippen LogP contribution in [-0.4, -0.2) is 19.6 Å². The van der Waals surface area contributed by atoms with Crippen molar-refractivity contribution in [3.05, 3.63) is 72.3 Å². The second-order valence-electron chi connectivity index (χ2n) is 5.80. The summed E-state index contributed by atoms with van der Waals surface area (Å²) in [6.45, 7) is 1.91. The molecule has 1 amide bonds. The van der Waals surface area contributed by atoms with Crippen molar-refractivity contribution in [3.63, 3.8) is 0 Å². The number of amides is 1. The molecule has 0 heterocycles. The molecule has 3 aromatic carbocycles. The monoisotopic (exact) mass is 335 g/mol. The molecule has 3 rings (SSSR count). The Kier molecular flexibility index (Phi) is 5.19. The van der Waals surface area contributed by atoms with E-state index in [-0.39, 0.29) is 18.6 Å². The maximum absolute atomic E-state index is 12.3. The van der Waals surface area contributed by atoms with Gasteiger partial charge >= 0.3 is 0 Å². The van der Waals surface area contributed by atoms with Crippen molar-refractivity contribution in [3.8, 4) is 11.5 Å². The number of hydrogen-bond donors (Lipinski definition) is 1. The van der Waals surface area contributed by atoms with Gasteiger partial charge in [0, 0.05) is 0 Å². The zero-order valence-corrected chi connectivity index (χ0v) is 14.4. The van der Waals surface area contributed by atoms with Gasteiger partial charge in [-0.25, -0.2) is 0 Å². The van der Waals surface area contributed by atoms with Gasteiger partial charge in [0.1, 0.15) is 0 Å². The lowest BCUT2D eigenvalue weighted by Crippen LogP contribution is -2.31. The molecule has 0 spiro atoms. The zero-order chi connectivity index (χ0) is 17.6. The molecule has 0 saturated carbocycles. The van der Waals surface area contributed by atoms with Gasteiger partial charge < -0.3 is 14.8 Å². The first kappa shape index (κ1) is 16.8. The number of benzene rings is 3. The Morgan fingerprint density at radius 3 is 2.44 bits per heavy atom. The Labute approximate surface area is 147 Å². The second-order valence-corrected chi connectivity index (χ2v) is 5.80. The maximum atomic E-state index is 12.3. The van der Waals surface area contributed by atoms with Gasteiger partial charge in [0.15, 0.2) is 18.1 Å². The Morgan fingerprint density at radius 2 is 1.64 bits per heavy atom. The van der Waals surface area contributed by atoms with Crippen LogP contribution in [0.2, 0.25) is 0 Å². The standard InChI is InChI=1S/C21H21NO3/c1-15(17-11-7-9-16-8-3-4-10-18(16)17)22-21(23)14-25-20-13-6-5-12-19(20)24-2/h3-13,15H,14H2,1-2H3,(H,22,23). The highest BCUT2D eigenvalue weighted by Gasteiger charge is 2.13. The van der Waals surface area contributed by atoms with Crippen LogP contribution in [0.1, 0.15) is 18.5 Å². The molecule has 3 aromatic rings. The number of rotatable bonds is 6. The van der Waals surface area contributed by atoms with Crippen LogP contribution in [0.4, 0.5) is 0 Å². The van der Waals surface area contributed by atoms with E-state index in [1.54, 1.807) is 19.2 Å². The number of hydrogen-bond acceptors (Lipinski definition) is 3. The predicted octanol–water partition coefficient (Wildman–Crippen LogP) is 4.10. The third-order valence-electron chi connectivity index (χ3n) is 4.10. The number of fused-ring (bicyclic) bond motifs is 1. The molecule has 0 aliphatic heterocycles. The Hall–Kier alpha value is -3.01. The van der Waals surface area contributed by atoms with Gasteiger partial charge in [0.2, 0.25) is 0 Å². The van der Waals surface area contributed by atoms with Gasteiger partial charge in [-0.3, -0.25) is 4.79 Å². The molecule has 128 valence electrons. The van der Waals surface area contributed by atoms with Gasteiger partial charge in [-0.15, -0.1) is 0 Å². The summed E-state index contributed by atoms with van der Waals surface area (Å²) in [4.78, 5) is 12.3. The average Bonchev–Trinajstić information content (AvgIpc) is 2.66. The van der Waals surface area contributed by atoms with E-state index in [0.717, 1.165) is 16.3 Å². The fraction of sp³-hybridized carbons (Fsp3) is 0.190. The summed E-state index contributed by atoms with van der Waals surface area (Å²) in [5.74, 6) is 0.988. The van der Waals surface area contributed by atoms with Crippen LogP contribution in [0.5, 0.6) is 11.5 Å². The minimum Gasteiger partial charge on any atom is -0.493 e. The first-order chi connectivity index (χ1) is 12.2. The molecule has 0 fully saturated rings. The van der Waals surface area contributed by atoms with Gasteiger partial charge in [-0.05, 0) is 35.4 Å². The van der Waals surface area contributed by atoms with Crippen molar-refractivity contribution in [1.82, 2.24) is 5.32 Å². The smallest absolute Gasteiger partial charge is 0.258 e. The van der Waals surface area contributed by atoms with E-state index in [0.29, 0.717) is 11.5 Å². The zero-order valence-electron chi connectivity index (χ0n) is 14.4. The van der Waals surface area contributed by atoms with E-state index in [2.05, 4.69) is 23.5 Å². The number of ether oxygens (including phenoxy) is 2. The fourth-order valence-electron chi connectivity index (χ4n) is 2.87. The van der Waals surface area contributed by atoms with Gasteiger partial charge in [0.05, 0.1) is 13.2 Å². The lowest BCUT2D eigenvalue weighted by molar-refractivity contribution is -0.123. The lowest BCUT2D eigenvalue weighted by atomic mass is 10.00. The predicted molar refractivity (Wildman–Crippen MR) is 99.0 cm³/mol. The average molecular weight is 335 g/mol. The van der Waals surface area contributed by atoms with Crippen molar-refractivity contribution >= 4 is 16.7 Å². The largest absolute Gasteiger partial charge is 0.493 e. The number of carbonyl (C=O) groups excluding carboxylic acids is 1. The van der Waals surface area contributed by atoms with E-state index in [1.807, 2.05) is 43.3 Å². The third-order valence-corrected chi connectivity index (χ3v) is 4.10. The molecule has 4 nitrogen and oxygen atoms in total. The molecule has 0 aliphatic carbocycles. The summed E-state index contributed by atoms with van der Waals surface area (Å²) in [6, 6.07) is 21.4. The van der Waals surface area contributed by atoms with Crippen molar-refractivity contribution in [2.75, 3.05) is 13.7 Å². The van der Waals surface area contributed by atoms with Crippen molar-refractivity contribution in [1.29, 1.82) is 0 Å². The Balaban J connectivity index is 1.66. The quantitative estimate of drug-likeness (QED) is 0.737. The van der Waals surface area contributed by atoms with E-state index in [4.69, 9.17) is 9.47 Å². The third kappa shape index (κ3) is 3.91. The SMILES string of the molecule is COc1ccccc1OCC(=O)NC(C)c1cccc2ccccc12. The summed E-state index contributed by atoms with van der Waals surface area (Å²) < 4.78 is 10.8. The van der Waals surface area contributed by atoms with Crippen molar-refractivity contribution in [2.45, 2.75) is 13.0 Å². The summed E-state index contributed by atoms with van der Waals surface area (Å²) in [5.41, 5.74) is 1.09. The van der Waals surface area contributed by atoms with Crippen LogP contribution in [-0.2, 0) is 4.79 Å². The van der Waals surface area contributed by atoms with Gasteiger partial charge in [0.25, 0.3) is 5.91 Å². The van der Waals surface area contributed by atoms with Crippen LogP contribution < -0.4 is 14.8 Å². The summed E-state index contributed by atoms with van der Waals surface area (Å²) in [6.07, 6.45) is 0. The fourth-order valence-corrected chi connectivity index (χ4v) is 2.87. The molecule has 1 N–H and O–H groups in total. The van der Waals surface area contributed by atoms with Crippen LogP contribution >= 0.6 is 0 Å². The topological polar surface area (TPSA) is 47.6 Å². The molecule has 0 bridgehead atoms. The summed E-state index contributed by atoms with van der Waals surface area (Å²) in [7, 11) is 1.57. The van der Waals surface area contributed by atoms with Gasteiger partial charge in [-0.1, -0.05) is 54.6 Å². The Morgan fingerprint density at radius 1 is 0.960 bits per heavy atom. The number of carbonyl (C=O) groups is 1. The molecule has 0 aliphatic rings. The molecule has 0 radical (unpaired) electrons. The highest BCUT2D eigenvalue weighted by molar-refractivity contribution is 5.87. The molecular weight excluding hydrogens is 314 g/mol. The first-order valence-electron chi connectivity index (χ1n) is 8.22. The number of nitrogens with one attached hydrogen (secondary N) is 1. The molecule has 1 atom stereocenters. The summed E-state index contributed by atoms with van der Waals surface area (Å²) >= 11 is 0. The van der Waals surface area contributed by atoms with Crippen LogP contribution in [0.3, 0.4) is 0 Å². The highest BCUT2D eigenvalue weighted by Crippen LogP contribution is 2.26. The normalized spacial score (nSPS) is 11.8. The summed E-state index contributed by atoms with van der Waals surface area (Å²) in [5, 5.41) is 5.29. The Bertz CT molecular complexity index is 870. The van der Waals surface area contributed by atoms with E-state index in [9.17, 15) is 4.79 Å². The minimum absolute atomic E-state index is 0.0600. The maximum Gasteiger partial charge on any atom is 0.258 e. The molecule has 0 aromatic heterocycles. The van der Waals surface area contributed by atoms with Crippen LogP contribution in [0.25, 0.3) is 10.8 Å². The van der Waals surface area contributed by atoms with Crippen molar-refractivity contribution in [2.24, 2.45) is 0 Å². The second kappa shape index (κ2) is 7.71. The van der Waals surface area contributed by atoms with Crippen molar-refractivity contribution < 1.29 is 14.3 Å².